The predicted molar refractivity (Wildman–Crippen MR) is 232 cm³/mol. The molecule has 17 heteroatoms. The summed E-state index contributed by atoms with van der Waals surface area (Å²) in [5.41, 5.74) is -0.921. The van der Waals surface area contributed by atoms with Gasteiger partial charge in [0.2, 0.25) is 10.0 Å². The molecule has 15 nitrogen and oxygen atoms in total. The second kappa shape index (κ2) is 18.4. The molecule has 4 aliphatic carbocycles. The van der Waals surface area contributed by atoms with Gasteiger partial charge in [0.25, 0.3) is 10.1 Å². The summed E-state index contributed by atoms with van der Waals surface area (Å²) in [6.07, 6.45) is 6.79. The van der Waals surface area contributed by atoms with Gasteiger partial charge in [0.05, 0.1) is 28.9 Å². The Bertz CT molecular complexity index is 2420. The van der Waals surface area contributed by atoms with E-state index in [0.717, 1.165) is 11.1 Å². The molecule has 4 aliphatic rings. The molecule has 63 heavy (non-hydrogen) atoms. The fraction of sp³-hybridized carbons (Fsp3) is 0.543. The number of carbonyl (C=O) groups excluding carboxylic acids is 5. The Labute approximate surface area is 368 Å². The normalized spacial score (nSPS) is 25.8. The molecule has 0 aliphatic heterocycles. The van der Waals surface area contributed by atoms with E-state index in [4.69, 9.17) is 14.2 Å². The quantitative estimate of drug-likeness (QED) is 0.0464. The molecule has 0 spiro atoms. The maximum Gasteiger partial charge on any atom is 0.342 e. The highest BCUT2D eigenvalue weighted by Crippen LogP contribution is 2.67. The summed E-state index contributed by atoms with van der Waals surface area (Å²) in [5, 5.41) is 9.70. The minimum atomic E-state index is -4.38. The number of para-hydroxylation sites is 1. The van der Waals surface area contributed by atoms with E-state index >= 15 is 0 Å². The third-order valence-electron chi connectivity index (χ3n) is 14.1. The Kier molecular flexibility index (Phi) is 14.0. The highest BCUT2D eigenvalue weighted by Gasteiger charge is 2.68. The van der Waals surface area contributed by atoms with Gasteiger partial charge in [0, 0.05) is 30.5 Å². The average molecular weight is 912 g/mol. The summed E-state index contributed by atoms with van der Waals surface area (Å²) in [6, 6.07) is 13.2. The molecule has 6 rings (SSSR count). The number of hydrogen-bond donors (Lipinski definition) is 3. The molecule has 0 saturated heterocycles. The zero-order chi connectivity index (χ0) is 46.0. The van der Waals surface area contributed by atoms with Crippen LogP contribution in [0.4, 0.5) is 0 Å². The number of Topliss-reactive ketones (excluding diaryl/α,β-unsaturated/α-hetero) is 2. The maximum absolute atomic E-state index is 14.1. The molecule has 2 aromatic carbocycles. The number of unbranched alkanes of at least 4 members (excludes halogenated alkanes) is 1. The van der Waals surface area contributed by atoms with E-state index in [1.54, 1.807) is 18.2 Å². The zero-order valence-electron chi connectivity index (χ0n) is 36.1. The number of phenolic OH excluding ortho intramolecular Hbond substituents is 1. The van der Waals surface area contributed by atoms with Gasteiger partial charge in [-0.3, -0.25) is 23.7 Å². The van der Waals surface area contributed by atoms with E-state index in [1.165, 1.54) is 12.1 Å². The number of ketones is 2. The first-order chi connectivity index (χ1) is 29.5. The number of ether oxygens (including phenoxy) is 3. The second-order valence-electron chi connectivity index (χ2n) is 18.3. The zero-order valence-corrected chi connectivity index (χ0v) is 37.8. The molecule has 342 valence electrons. The molecule has 0 radical (unpaired) electrons. The number of benzene rings is 2. The lowest BCUT2D eigenvalue weighted by atomic mass is 9.70. The van der Waals surface area contributed by atoms with E-state index in [1.807, 2.05) is 58.0 Å². The molecule has 0 aromatic heterocycles. The average Bonchev–Trinajstić information content (AvgIpc) is 3.71. The molecular weight excluding hydrogens is 855 g/mol. The lowest BCUT2D eigenvalue weighted by molar-refractivity contribution is -0.146. The predicted octanol–water partition coefficient (Wildman–Crippen LogP) is 5.87. The van der Waals surface area contributed by atoms with Crippen molar-refractivity contribution in [2.45, 2.75) is 85.5 Å². The number of aromatic hydroxyl groups is 1. The van der Waals surface area contributed by atoms with Crippen molar-refractivity contribution in [1.29, 1.82) is 0 Å². The first-order valence-electron chi connectivity index (χ1n) is 21.4. The Morgan fingerprint density at radius 1 is 0.698 bits per heavy atom. The standard InChI is InChI=1S/C46H57NO14S2/c1-43(2)35-18-20-45(43,40(51)33(35)26-30-14-16-31(17-15-30)27-34-36-19-21-46(41(34)52,44(36,3)4)29-63(56,57)58)28-62(54,55)47-22-9-23-59-38(49)12-7-8-13-39(50)60-24-25-61-42(53)32-10-5-6-11-37(32)48/h5-6,10-11,14-17,26-27,35-36,47-48H,7-9,12-13,18-25,28-29H2,1-4H3,(H,56,57,58)/b33-26-,34-27-. The highest BCUT2D eigenvalue weighted by molar-refractivity contribution is 7.89. The van der Waals surface area contributed by atoms with Crippen molar-refractivity contribution < 1.29 is 64.7 Å². The van der Waals surface area contributed by atoms with Gasteiger partial charge in [-0.1, -0.05) is 64.1 Å². The van der Waals surface area contributed by atoms with Gasteiger partial charge >= 0.3 is 17.9 Å². The fourth-order valence-electron chi connectivity index (χ4n) is 10.5. The van der Waals surface area contributed by atoms with Crippen molar-refractivity contribution in [2.24, 2.45) is 33.5 Å². The van der Waals surface area contributed by atoms with Crippen LogP contribution in [0.2, 0.25) is 0 Å². The lowest BCUT2D eigenvalue weighted by Crippen LogP contribution is -2.45. The van der Waals surface area contributed by atoms with E-state index in [0.29, 0.717) is 49.7 Å². The summed E-state index contributed by atoms with van der Waals surface area (Å²) in [4.78, 5) is 64.0. The minimum absolute atomic E-state index is 0.00250. The lowest BCUT2D eigenvalue weighted by Gasteiger charge is -2.35. The van der Waals surface area contributed by atoms with Crippen molar-refractivity contribution in [1.82, 2.24) is 4.72 Å². The van der Waals surface area contributed by atoms with E-state index < -0.39 is 65.5 Å². The van der Waals surface area contributed by atoms with Crippen LogP contribution in [-0.2, 0) is 53.5 Å². The number of carbonyl (C=O) groups is 5. The van der Waals surface area contributed by atoms with Crippen molar-refractivity contribution in [3.05, 3.63) is 76.4 Å². The fourth-order valence-corrected chi connectivity index (χ4v) is 13.6. The van der Waals surface area contributed by atoms with Gasteiger partial charge in [0.15, 0.2) is 11.6 Å². The van der Waals surface area contributed by atoms with Gasteiger partial charge in [0.1, 0.15) is 24.5 Å². The van der Waals surface area contributed by atoms with Gasteiger partial charge in [-0.25, -0.2) is 17.9 Å². The molecule has 4 fully saturated rings. The monoisotopic (exact) mass is 911 g/mol. The summed E-state index contributed by atoms with van der Waals surface area (Å²) >= 11 is 0. The number of esters is 3. The number of rotatable bonds is 20. The largest absolute Gasteiger partial charge is 0.507 e. The van der Waals surface area contributed by atoms with Crippen LogP contribution < -0.4 is 4.72 Å². The summed E-state index contributed by atoms with van der Waals surface area (Å²) in [7, 11) is -8.29. The summed E-state index contributed by atoms with van der Waals surface area (Å²) in [6.45, 7) is 7.31. The van der Waals surface area contributed by atoms with Gasteiger partial charge in [-0.15, -0.1) is 0 Å². The number of hydrogen-bond acceptors (Lipinski definition) is 13. The van der Waals surface area contributed by atoms with E-state index in [-0.39, 0.29) is 86.1 Å². The molecular formula is C46H57NO14S2. The van der Waals surface area contributed by atoms with E-state index in [2.05, 4.69) is 4.72 Å². The van der Waals surface area contributed by atoms with Gasteiger partial charge in [-0.05, 0) is 103 Å². The number of sulfonamides is 1. The SMILES string of the molecule is CC1(C)C2CCC1(CS(=O)(=O)O)C(=O)/C2=C\c1ccc(/C=C2\C(=O)C3(CS(=O)(=O)NCCCOC(=O)CCCCC(=O)OCCOC(=O)c4ccccc4O)CCC2C3(C)C)cc1. The van der Waals surface area contributed by atoms with Crippen LogP contribution in [-0.4, -0.2) is 93.8 Å². The molecule has 3 N–H and O–H groups in total. The number of allylic oxidation sites excluding steroid dienone is 2. The molecule has 2 aromatic rings. The highest BCUT2D eigenvalue weighted by atomic mass is 32.2. The van der Waals surface area contributed by atoms with Crippen LogP contribution in [0.1, 0.15) is 107 Å². The smallest absolute Gasteiger partial charge is 0.342 e. The Morgan fingerprint density at radius 3 is 1.68 bits per heavy atom. The van der Waals surface area contributed by atoms with Crippen molar-refractivity contribution in [2.75, 3.05) is 37.9 Å². The minimum Gasteiger partial charge on any atom is -0.507 e. The van der Waals surface area contributed by atoms with Crippen LogP contribution in [0, 0.1) is 33.5 Å². The van der Waals surface area contributed by atoms with Crippen molar-refractivity contribution in [3.63, 3.8) is 0 Å². The van der Waals surface area contributed by atoms with Crippen LogP contribution >= 0.6 is 0 Å². The molecule has 0 amide bonds. The Hall–Kier alpha value is -4.71. The molecule has 4 atom stereocenters. The van der Waals surface area contributed by atoms with Crippen LogP contribution in [0.15, 0.2) is 59.7 Å². The Balaban J connectivity index is 0.926. The third-order valence-corrected chi connectivity index (χ3v) is 16.5. The van der Waals surface area contributed by atoms with Crippen molar-refractivity contribution in [3.8, 4) is 5.75 Å². The molecule has 0 heterocycles. The topological polar surface area (TPSA) is 234 Å². The van der Waals surface area contributed by atoms with E-state index in [9.17, 15) is 50.5 Å². The Morgan fingerprint density at radius 2 is 1.17 bits per heavy atom. The molecule has 4 unspecified atom stereocenters. The van der Waals surface area contributed by atoms with Crippen LogP contribution in [0.3, 0.4) is 0 Å². The van der Waals surface area contributed by atoms with Gasteiger partial charge < -0.3 is 19.3 Å². The number of nitrogens with one attached hydrogen (secondary N) is 1. The third kappa shape index (κ3) is 9.86. The molecule has 4 saturated carbocycles. The number of phenols is 1. The second-order valence-corrected chi connectivity index (χ2v) is 21.6. The maximum atomic E-state index is 14.1. The summed E-state index contributed by atoms with van der Waals surface area (Å²) in [5.74, 6) is -3.66. The number of fused-ring (bicyclic) bond motifs is 4. The van der Waals surface area contributed by atoms with Crippen molar-refractivity contribution >= 4 is 61.8 Å². The van der Waals surface area contributed by atoms with Crippen LogP contribution in [0.25, 0.3) is 12.2 Å². The molecule has 4 bridgehead atoms. The van der Waals surface area contributed by atoms with Crippen LogP contribution in [0.5, 0.6) is 5.75 Å². The summed E-state index contributed by atoms with van der Waals surface area (Å²) < 4.78 is 78.2. The first-order valence-corrected chi connectivity index (χ1v) is 24.6. The first kappa shape index (κ1) is 47.8. The van der Waals surface area contributed by atoms with Gasteiger partial charge in [-0.2, -0.15) is 8.42 Å².